The molecule has 0 aliphatic carbocycles. The molecule has 23 heavy (non-hydrogen) atoms. The van der Waals surface area contributed by atoms with Gasteiger partial charge < -0.3 is 10.1 Å². The minimum Gasteiger partial charge on any atom is -0.480 e. The van der Waals surface area contributed by atoms with Crippen molar-refractivity contribution in [3.63, 3.8) is 0 Å². The Morgan fingerprint density at radius 3 is 2.39 bits per heavy atom. The van der Waals surface area contributed by atoms with Gasteiger partial charge >= 0.3 is 11.7 Å². The molecule has 0 bridgehead atoms. The smallest absolute Gasteiger partial charge is 0.329 e. The van der Waals surface area contributed by atoms with Crippen molar-refractivity contribution >= 4 is 16.9 Å². The van der Waals surface area contributed by atoms with Gasteiger partial charge in [-0.05, 0) is 17.7 Å². The van der Waals surface area contributed by atoms with Crippen LogP contribution < -0.4 is 11.2 Å². The van der Waals surface area contributed by atoms with Gasteiger partial charge in [-0.25, -0.2) is 14.2 Å². The number of aliphatic carboxylic acids is 1. The van der Waals surface area contributed by atoms with E-state index in [9.17, 15) is 19.5 Å². The predicted octanol–water partition coefficient (Wildman–Crippen LogP) is 1.56. The molecule has 0 unspecified atom stereocenters. The van der Waals surface area contributed by atoms with Gasteiger partial charge in [0, 0.05) is 6.42 Å². The van der Waals surface area contributed by atoms with E-state index in [4.69, 9.17) is 0 Å². The van der Waals surface area contributed by atoms with Crippen molar-refractivity contribution in [1.82, 2.24) is 9.55 Å². The average Bonchev–Trinajstić information content (AvgIpc) is 2.54. The standard InChI is InChI=1S/C17H14N2O4/c20-15-12-8-4-5-9-13(12)18-17(23)19(15)14(16(21)22)10-11-6-2-1-3-7-11/h1-9,14H,10H2,(H,18,23)(H,21,22)/t14-/m0/s1. The van der Waals surface area contributed by atoms with Crippen LogP contribution in [0.1, 0.15) is 11.6 Å². The zero-order valence-electron chi connectivity index (χ0n) is 12.1. The molecule has 1 atom stereocenters. The number of nitrogens with zero attached hydrogens (tertiary/aromatic N) is 1. The second kappa shape index (κ2) is 5.92. The molecule has 1 heterocycles. The molecule has 0 saturated heterocycles. The van der Waals surface area contributed by atoms with Crippen LogP contribution in [0.5, 0.6) is 0 Å². The molecule has 0 aliphatic heterocycles. The number of carboxylic acid groups (broad SMARTS) is 1. The summed E-state index contributed by atoms with van der Waals surface area (Å²) < 4.78 is 0.775. The Kier molecular flexibility index (Phi) is 3.80. The van der Waals surface area contributed by atoms with Gasteiger partial charge in [0.15, 0.2) is 0 Å². The highest BCUT2D eigenvalue weighted by atomic mass is 16.4. The Hall–Kier alpha value is -3.15. The maximum atomic E-state index is 12.6. The third-order valence-corrected chi connectivity index (χ3v) is 3.71. The molecule has 0 spiro atoms. The number of hydrogen-bond donors (Lipinski definition) is 2. The third-order valence-electron chi connectivity index (χ3n) is 3.71. The number of fused-ring (bicyclic) bond motifs is 1. The summed E-state index contributed by atoms with van der Waals surface area (Å²) in [5.74, 6) is -1.23. The summed E-state index contributed by atoms with van der Waals surface area (Å²) in [4.78, 5) is 39.0. The van der Waals surface area contributed by atoms with Crippen molar-refractivity contribution in [3.05, 3.63) is 81.0 Å². The highest BCUT2D eigenvalue weighted by molar-refractivity contribution is 5.78. The SMILES string of the molecule is O=C(O)[C@H](Cc1ccccc1)n1c(=O)[nH]c2ccccc2c1=O. The van der Waals surface area contributed by atoms with Gasteiger partial charge in [0.25, 0.3) is 5.56 Å². The average molecular weight is 310 g/mol. The number of rotatable bonds is 4. The van der Waals surface area contributed by atoms with Gasteiger partial charge in [-0.2, -0.15) is 0 Å². The largest absolute Gasteiger partial charge is 0.480 e. The van der Waals surface area contributed by atoms with Crippen LogP contribution in [0.4, 0.5) is 0 Å². The number of aromatic amines is 1. The zero-order valence-corrected chi connectivity index (χ0v) is 12.1. The van der Waals surface area contributed by atoms with E-state index in [0.29, 0.717) is 5.52 Å². The molecule has 0 aliphatic rings. The van der Waals surface area contributed by atoms with Crippen LogP contribution >= 0.6 is 0 Å². The summed E-state index contributed by atoms with van der Waals surface area (Å²) in [5.41, 5.74) is -0.202. The molecule has 0 radical (unpaired) electrons. The summed E-state index contributed by atoms with van der Waals surface area (Å²) >= 11 is 0. The lowest BCUT2D eigenvalue weighted by Crippen LogP contribution is -2.41. The lowest BCUT2D eigenvalue weighted by molar-refractivity contribution is -0.141. The first-order valence-corrected chi connectivity index (χ1v) is 7.08. The van der Waals surface area contributed by atoms with E-state index in [-0.39, 0.29) is 11.8 Å². The topological polar surface area (TPSA) is 92.2 Å². The van der Waals surface area contributed by atoms with Crippen molar-refractivity contribution < 1.29 is 9.90 Å². The summed E-state index contributed by atoms with van der Waals surface area (Å²) in [5, 5.41) is 9.78. The van der Waals surface area contributed by atoms with Crippen molar-refractivity contribution in [2.75, 3.05) is 0 Å². The van der Waals surface area contributed by atoms with Crippen molar-refractivity contribution in [3.8, 4) is 0 Å². The van der Waals surface area contributed by atoms with Crippen LogP contribution in [0.25, 0.3) is 10.9 Å². The number of aromatic nitrogens is 2. The van der Waals surface area contributed by atoms with Crippen LogP contribution in [-0.4, -0.2) is 20.6 Å². The number of hydrogen-bond acceptors (Lipinski definition) is 3. The summed E-state index contributed by atoms with van der Waals surface area (Å²) in [7, 11) is 0. The lowest BCUT2D eigenvalue weighted by Gasteiger charge is -2.15. The van der Waals surface area contributed by atoms with Gasteiger partial charge in [-0.1, -0.05) is 42.5 Å². The predicted molar refractivity (Wildman–Crippen MR) is 85.6 cm³/mol. The van der Waals surface area contributed by atoms with Crippen LogP contribution in [0.2, 0.25) is 0 Å². The van der Waals surface area contributed by atoms with Crippen LogP contribution in [-0.2, 0) is 11.2 Å². The fourth-order valence-electron chi connectivity index (χ4n) is 2.59. The fraction of sp³-hybridized carbons (Fsp3) is 0.118. The van der Waals surface area contributed by atoms with E-state index in [1.807, 2.05) is 6.07 Å². The molecule has 3 rings (SSSR count). The van der Waals surface area contributed by atoms with Gasteiger partial charge in [0.1, 0.15) is 6.04 Å². The molecule has 1 aromatic heterocycles. The molecule has 0 saturated carbocycles. The monoisotopic (exact) mass is 310 g/mol. The summed E-state index contributed by atoms with van der Waals surface area (Å²) in [6.45, 7) is 0. The van der Waals surface area contributed by atoms with E-state index in [1.165, 1.54) is 0 Å². The van der Waals surface area contributed by atoms with E-state index in [1.54, 1.807) is 48.5 Å². The van der Waals surface area contributed by atoms with Crippen molar-refractivity contribution in [2.24, 2.45) is 0 Å². The second-order valence-corrected chi connectivity index (χ2v) is 5.19. The highest BCUT2D eigenvalue weighted by Crippen LogP contribution is 2.13. The first-order chi connectivity index (χ1) is 11.1. The van der Waals surface area contributed by atoms with Crippen LogP contribution in [0, 0.1) is 0 Å². The number of H-pyrrole nitrogens is 1. The van der Waals surface area contributed by atoms with Crippen molar-refractivity contribution in [1.29, 1.82) is 0 Å². The molecule has 2 aromatic carbocycles. The van der Waals surface area contributed by atoms with E-state index in [0.717, 1.165) is 10.1 Å². The molecular weight excluding hydrogens is 296 g/mol. The quantitative estimate of drug-likeness (QED) is 0.765. The van der Waals surface area contributed by atoms with Crippen LogP contribution in [0.15, 0.2) is 64.2 Å². The maximum absolute atomic E-state index is 12.6. The van der Waals surface area contributed by atoms with E-state index < -0.39 is 23.3 Å². The van der Waals surface area contributed by atoms with Gasteiger partial charge in [0.2, 0.25) is 0 Å². The zero-order chi connectivity index (χ0) is 16.4. The lowest BCUT2D eigenvalue weighted by atomic mass is 10.1. The number of carbonyl (C=O) groups is 1. The van der Waals surface area contributed by atoms with Crippen LogP contribution in [0.3, 0.4) is 0 Å². The molecule has 6 heteroatoms. The molecule has 116 valence electrons. The molecule has 6 nitrogen and oxygen atoms in total. The number of nitrogens with one attached hydrogen (secondary N) is 1. The minimum absolute atomic E-state index is 0.0531. The van der Waals surface area contributed by atoms with Gasteiger partial charge in [-0.3, -0.25) is 4.79 Å². The summed E-state index contributed by atoms with van der Waals surface area (Å²) in [6.07, 6.45) is 0.0531. The molecule has 3 aromatic rings. The maximum Gasteiger partial charge on any atom is 0.329 e. The van der Waals surface area contributed by atoms with E-state index in [2.05, 4.69) is 4.98 Å². The van der Waals surface area contributed by atoms with Gasteiger partial charge in [0.05, 0.1) is 10.9 Å². The van der Waals surface area contributed by atoms with E-state index >= 15 is 0 Å². The molecular formula is C17H14N2O4. The summed E-state index contributed by atoms with van der Waals surface area (Å²) in [6, 6.07) is 14.2. The molecule has 2 N–H and O–H groups in total. The van der Waals surface area contributed by atoms with Gasteiger partial charge in [-0.15, -0.1) is 0 Å². The normalized spacial score (nSPS) is 12.2. The highest BCUT2D eigenvalue weighted by Gasteiger charge is 2.24. The molecule has 0 amide bonds. The minimum atomic E-state index is -1.27. The first kappa shape index (κ1) is 14.8. The Balaban J connectivity index is 2.17. The number of para-hydroxylation sites is 1. The third kappa shape index (κ3) is 2.78. The molecule has 0 fully saturated rings. The Morgan fingerprint density at radius 1 is 1.04 bits per heavy atom. The Morgan fingerprint density at radius 2 is 1.70 bits per heavy atom. The Bertz CT molecular complexity index is 973. The first-order valence-electron chi connectivity index (χ1n) is 7.08. The second-order valence-electron chi connectivity index (χ2n) is 5.19. The van der Waals surface area contributed by atoms with Crippen molar-refractivity contribution in [2.45, 2.75) is 12.5 Å². The number of benzene rings is 2. The number of carboxylic acids is 1. The Labute approximate surface area is 130 Å². The fourth-order valence-corrected chi connectivity index (χ4v) is 2.59.